The minimum atomic E-state index is -0.0848. The van der Waals surface area contributed by atoms with Crippen LogP contribution >= 0.6 is 0 Å². The molecule has 0 saturated heterocycles. The van der Waals surface area contributed by atoms with Gasteiger partial charge in [-0.3, -0.25) is 4.79 Å². The van der Waals surface area contributed by atoms with Gasteiger partial charge in [-0.05, 0) is 24.3 Å². The Balaban J connectivity index is 1.73. The Labute approximate surface area is 122 Å². The van der Waals surface area contributed by atoms with Crippen LogP contribution in [0.15, 0.2) is 48.8 Å². The molecule has 1 amide bonds. The van der Waals surface area contributed by atoms with Crippen LogP contribution in [-0.2, 0) is 11.2 Å². The number of carbonyl (C=O) groups excluding carboxylic acids is 1. The Hall–Kier alpha value is -2.82. The number of fused-ring (bicyclic) bond motifs is 1. The molecule has 0 bridgehead atoms. The number of rotatable bonds is 4. The summed E-state index contributed by atoms with van der Waals surface area (Å²) in [6, 6.07) is 13.1. The summed E-state index contributed by atoms with van der Waals surface area (Å²) in [6.07, 6.45) is 1.90. The number of hydrogen-bond donors (Lipinski definition) is 2. The van der Waals surface area contributed by atoms with E-state index in [1.54, 1.807) is 13.4 Å². The van der Waals surface area contributed by atoms with E-state index in [2.05, 4.69) is 15.3 Å². The fourth-order valence-corrected chi connectivity index (χ4v) is 2.24. The summed E-state index contributed by atoms with van der Waals surface area (Å²) in [6.45, 7) is 0. The molecule has 0 saturated carbocycles. The Bertz CT molecular complexity index is 780. The summed E-state index contributed by atoms with van der Waals surface area (Å²) in [4.78, 5) is 19.3. The lowest BCUT2D eigenvalue weighted by molar-refractivity contribution is -0.115. The summed E-state index contributed by atoms with van der Waals surface area (Å²) >= 11 is 0. The van der Waals surface area contributed by atoms with E-state index in [9.17, 15) is 4.79 Å². The molecule has 5 nitrogen and oxygen atoms in total. The van der Waals surface area contributed by atoms with Crippen LogP contribution in [0.3, 0.4) is 0 Å². The molecule has 106 valence electrons. The van der Waals surface area contributed by atoms with Gasteiger partial charge < -0.3 is 15.0 Å². The van der Waals surface area contributed by atoms with E-state index in [4.69, 9.17) is 4.74 Å². The second-order valence-electron chi connectivity index (χ2n) is 4.67. The van der Waals surface area contributed by atoms with Crippen molar-refractivity contribution < 1.29 is 9.53 Å². The van der Waals surface area contributed by atoms with Gasteiger partial charge in [0.15, 0.2) is 0 Å². The molecule has 1 heterocycles. The molecule has 21 heavy (non-hydrogen) atoms. The van der Waals surface area contributed by atoms with Crippen molar-refractivity contribution in [1.82, 2.24) is 9.97 Å². The third-order valence-electron chi connectivity index (χ3n) is 3.25. The normalized spacial score (nSPS) is 10.5. The van der Waals surface area contributed by atoms with Gasteiger partial charge in [0.25, 0.3) is 0 Å². The number of amides is 1. The van der Waals surface area contributed by atoms with Crippen LogP contribution in [0.2, 0.25) is 0 Å². The Morgan fingerprint density at radius 3 is 3.00 bits per heavy atom. The minimum Gasteiger partial charge on any atom is -0.496 e. The Morgan fingerprint density at radius 2 is 2.14 bits per heavy atom. The summed E-state index contributed by atoms with van der Waals surface area (Å²) in [5.74, 6) is 0.634. The van der Waals surface area contributed by atoms with Gasteiger partial charge in [-0.1, -0.05) is 18.2 Å². The first-order valence-corrected chi connectivity index (χ1v) is 6.61. The van der Waals surface area contributed by atoms with E-state index in [-0.39, 0.29) is 12.3 Å². The van der Waals surface area contributed by atoms with E-state index in [1.807, 2.05) is 42.5 Å². The SMILES string of the molecule is COc1ccccc1CC(=O)Nc1ccc2nc[nH]c2c1. The lowest BCUT2D eigenvalue weighted by Crippen LogP contribution is -2.14. The number of aromatic nitrogens is 2. The molecule has 3 aromatic rings. The first-order valence-electron chi connectivity index (χ1n) is 6.61. The Morgan fingerprint density at radius 1 is 1.29 bits per heavy atom. The molecule has 0 spiro atoms. The summed E-state index contributed by atoms with van der Waals surface area (Å²) in [7, 11) is 1.60. The van der Waals surface area contributed by atoms with Crippen LogP contribution in [0.4, 0.5) is 5.69 Å². The fraction of sp³-hybridized carbons (Fsp3) is 0.125. The molecule has 0 fully saturated rings. The third kappa shape index (κ3) is 2.86. The Kier molecular flexibility index (Phi) is 3.55. The van der Waals surface area contributed by atoms with Crippen molar-refractivity contribution >= 4 is 22.6 Å². The molecule has 0 aliphatic rings. The summed E-state index contributed by atoms with van der Waals surface area (Å²) in [5.41, 5.74) is 3.37. The molecule has 0 aliphatic carbocycles. The number of imidazole rings is 1. The number of aromatic amines is 1. The standard InChI is InChI=1S/C16H15N3O2/c1-21-15-5-3-2-4-11(15)8-16(20)19-12-6-7-13-14(9-12)18-10-17-13/h2-7,9-10H,8H2,1H3,(H,17,18)(H,19,20). The van der Waals surface area contributed by atoms with Gasteiger partial charge in [0.2, 0.25) is 5.91 Å². The summed E-state index contributed by atoms with van der Waals surface area (Å²) in [5, 5.41) is 2.88. The molecule has 0 radical (unpaired) electrons. The fourth-order valence-electron chi connectivity index (χ4n) is 2.24. The van der Waals surface area contributed by atoms with Crippen molar-refractivity contribution in [2.75, 3.05) is 12.4 Å². The first kappa shape index (κ1) is 13.2. The number of H-pyrrole nitrogens is 1. The van der Waals surface area contributed by atoms with Gasteiger partial charge >= 0.3 is 0 Å². The van der Waals surface area contributed by atoms with Crippen molar-refractivity contribution in [3.63, 3.8) is 0 Å². The predicted octanol–water partition coefficient (Wildman–Crippen LogP) is 2.75. The highest BCUT2D eigenvalue weighted by Crippen LogP contribution is 2.19. The van der Waals surface area contributed by atoms with Crippen molar-refractivity contribution in [3.05, 3.63) is 54.4 Å². The second kappa shape index (κ2) is 5.66. The van der Waals surface area contributed by atoms with Crippen LogP contribution in [0.1, 0.15) is 5.56 Å². The highest BCUT2D eigenvalue weighted by Gasteiger charge is 2.09. The number of benzene rings is 2. The number of nitrogens with zero attached hydrogens (tertiary/aromatic N) is 1. The van der Waals surface area contributed by atoms with Crippen molar-refractivity contribution in [2.45, 2.75) is 6.42 Å². The zero-order valence-corrected chi connectivity index (χ0v) is 11.6. The maximum absolute atomic E-state index is 12.1. The highest BCUT2D eigenvalue weighted by atomic mass is 16.5. The van der Waals surface area contributed by atoms with Crippen molar-refractivity contribution in [1.29, 1.82) is 0 Å². The van der Waals surface area contributed by atoms with Gasteiger partial charge in [-0.25, -0.2) is 4.98 Å². The molecule has 0 atom stereocenters. The second-order valence-corrected chi connectivity index (χ2v) is 4.67. The average Bonchev–Trinajstić information content (AvgIpc) is 2.95. The number of ether oxygens (including phenoxy) is 1. The maximum Gasteiger partial charge on any atom is 0.228 e. The van der Waals surface area contributed by atoms with Gasteiger partial charge in [0.05, 0.1) is 30.9 Å². The van der Waals surface area contributed by atoms with Crippen LogP contribution in [0.25, 0.3) is 11.0 Å². The van der Waals surface area contributed by atoms with E-state index in [0.29, 0.717) is 0 Å². The number of hydrogen-bond acceptors (Lipinski definition) is 3. The molecule has 5 heteroatoms. The van der Waals surface area contributed by atoms with E-state index in [0.717, 1.165) is 28.0 Å². The third-order valence-corrected chi connectivity index (χ3v) is 3.25. The average molecular weight is 281 g/mol. The van der Waals surface area contributed by atoms with Gasteiger partial charge in [-0.15, -0.1) is 0 Å². The predicted molar refractivity (Wildman–Crippen MR) is 81.4 cm³/mol. The lowest BCUT2D eigenvalue weighted by atomic mass is 10.1. The number of para-hydroxylation sites is 1. The van der Waals surface area contributed by atoms with Crippen LogP contribution in [0.5, 0.6) is 5.75 Å². The summed E-state index contributed by atoms with van der Waals surface area (Å²) < 4.78 is 5.25. The first-order chi connectivity index (χ1) is 10.3. The lowest BCUT2D eigenvalue weighted by Gasteiger charge is -2.09. The topological polar surface area (TPSA) is 67.0 Å². The number of methoxy groups -OCH3 is 1. The molecule has 1 aromatic heterocycles. The number of carbonyl (C=O) groups is 1. The zero-order valence-electron chi connectivity index (χ0n) is 11.6. The molecule has 3 rings (SSSR count). The van der Waals surface area contributed by atoms with E-state index < -0.39 is 0 Å². The highest BCUT2D eigenvalue weighted by molar-refractivity contribution is 5.94. The zero-order chi connectivity index (χ0) is 14.7. The molecule has 0 unspecified atom stereocenters. The van der Waals surface area contributed by atoms with E-state index >= 15 is 0 Å². The quantitative estimate of drug-likeness (QED) is 0.772. The number of anilines is 1. The van der Waals surface area contributed by atoms with Crippen LogP contribution in [-0.4, -0.2) is 23.0 Å². The maximum atomic E-state index is 12.1. The molecule has 2 aromatic carbocycles. The van der Waals surface area contributed by atoms with Crippen LogP contribution in [0, 0.1) is 0 Å². The molecular formula is C16H15N3O2. The largest absolute Gasteiger partial charge is 0.496 e. The number of nitrogens with one attached hydrogen (secondary N) is 2. The smallest absolute Gasteiger partial charge is 0.228 e. The van der Waals surface area contributed by atoms with Gasteiger partial charge in [0, 0.05) is 11.3 Å². The van der Waals surface area contributed by atoms with Crippen molar-refractivity contribution in [2.24, 2.45) is 0 Å². The molecule has 2 N–H and O–H groups in total. The van der Waals surface area contributed by atoms with Crippen molar-refractivity contribution in [3.8, 4) is 5.75 Å². The monoisotopic (exact) mass is 281 g/mol. The van der Waals surface area contributed by atoms with Gasteiger partial charge in [-0.2, -0.15) is 0 Å². The molecular weight excluding hydrogens is 266 g/mol. The minimum absolute atomic E-state index is 0.0848. The van der Waals surface area contributed by atoms with Crippen LogP contribution < -0.4 is 10.1 Å². The van der Waals surface area contributed by atoms with Gasteiger partial charge in [0.1, 0.15) is 5.75 Å². The molecule has 0 aliphatic heterocycles. The van der Waals surface area contributed by atoms with E-state index in [1.165, 1.54) is 0 Å².